The maximum absolute atomic E-state index is 5.63. The van der Waals surface area contributed by atoms with Crippen LogP contribution in [0.3, 0.4) is 0 Å². The average Bonchev–Trinajstić information content (AvgIpc) is 2.42. The van der Waals surface area contributed by atoms with Crippen molar-refractivity contribution in [3.05, 3.63) is 0 Å². The fourth-order valence-electron chi connectivity index (χ4n) is 2.17. The van der Waals surface area contributed by atoms with Crippen LogP contribution in [0, 0.1) is 0 Å². The van der Waals surface area contributed by atoms with Crippen LogP contribution in [0.4, 0.5) is 0 Å². The third-order valence-corrected chi connectivity index (χ3v) is 16.1. The fraction of sp³-hybridized carbons (Fsp3) is 1.00. The quantitative estimate of drug-likeness (QED) is 0.209. The van der Waals surface area contributed by atoms with E-state index >= 15 is 0 Å². The molecule has 0 aromatic heterocycles. The summed E-state index contributed by atoms with van der Waals surface area (Å²) in [7, 11) is 7.84. The topological polar surface area (TPSA) is 0 Å². The van der Waals surface area contributed by atoms with Gasteiger partial charge < -0.3 is 0 Å². The average molecular weight is 409 g/mol. The zero-order valence-electron chi connectivity index (χ0n) is 13.2. The van der Waals surface area contributed by atoms with Crippen molar-refractivity contribution in [1.82, 2.24) is 0 Å². The first-order chi connectivity index (χ1) is 9.31. The standard InChI is InChI=1S/C12H26S.C4H9.S.Sn/c1-2-3-4-5-6-7-8-9-10-11-12-13;1-3-4-2;;/h13H,2-12H2,1H3;1,3-4H2,2H3;;/q;;;+1/p-1. The van der Waals surface area contributed by atoms with Gasteiger partial charge in [0.2, 0.25) is 0 Å². The summed E-state index contributed by atoms with van der Waals surface area (Å²) >= 11 is -1.33. The Morgan fingerprint density at radius 2 is 1.16 bits per heavy atom. The van der Waals surface area contributed by atoms with E-state index in [4.69, 9.17) is 9.29 Å². The van der Waals surface area contributed by atoms with Gasteiger partial charge in [-0.3, -0.25) is 0 Å². The van der Waals surface area contributed by atoms with Gasteiger partial charge in [-0.1, -0.05) is 6.92 Å². The molecule has 3 heteroatoms. The van der Waals surface area contributed by atoms with Crippen molar-refractivity contribution < 1.29 is 0 Å². The number of hydrogen-bond donors (Lipinski definition) is 0. The van der Waals surface area contributed by atoms with Crippen molar-refractivity contribution >= 4 is 34.7 Å². The summed E-state index contributed by atoms with van der Waals surface area (Å²) < 4.78 is 1.43. The van der Waals surface area contributed by atoms with Gasteiger partial charge in [0.1, 0.15) is 0 Å². The molecular weight excluding hydrogens is 375 g/mol. The van der Waals surface area contributed by atoms with Gasteiger partial charge in [0.15, 0.2) is 0 Å². The predicted octanol–water partition coefficient (Wildman–Crippen LogP) is 7.13. The minimum absolute atomic E-state index is 1.33. The van der Waals surface area contributed by atoms with Gasteiger partial charge in [-0.05, 0) is 0 Å². The molecule has 0 nitrogen and oxygen atoms in total. The minimum atomic E-state index is -1.33. The van der Waals surface area contributed by atoms with Gasteiger partial charge in [-0.2, -0.15) is 0 Å². The molecule has 0 radical (unpaired) electrons. The molecule has 0 aliphatic heterocycles. The first kappa shape index (κ1) is 20.4. The number of unbranched alkanes of at least 4 members (excludes halogenated alkanes) is 10. The van der Waals surface area contributed by atoms with Crippen molar-refractivity contribution in [2.75, 3.05) is 5.75 Å². The molecular formula is C16H34S2Sn. The Morgan fingerprint density at radius 3 is 1.68 bits per heavy atom. The van der Waals surface area contributed by atoms with Crippen molar-refractivity contribution in [3.63, 3.8) is 0 Å². The molecule has 19 heavy (non-hydrogen) atoms. The monoisotopic (exact) mass is 410 g/mol. The van der Waals surface area contributed by atoms with E-state index < -0.39 is 16.4 Å². The zero-order chi connectivity index (χ0) is 14.2. The van der Waals surface area contributed by atoms with Crippen molar-refractivity contribution in [1.29, 1.82) is 0 Å². The van der Waals surface area contributed by atoms with E-state index in [1.54, 1.807) is 0 Å². The maximum atomic E-state index is 5.63. The second-order valence-corrected chi connectivity index (χ2v) is 20.6. The molecule has 0 heterocycles. The summed E-state index contributed by atoms with van der Waals surface area (Å²) in [6.45, 7) is 4.57. The molecule has 0 aromatic carbocycles. The van der Waals surface area contributed by atoms with E-state index in [0.717, 1.165) is 0 Å². The van der Waals surface area contributed by atoms with Gasteiger partial charge in [-0.15, -0.1) is 0 Å². The van der Waals surface area contributed by atoms with E-state index in [1.165, 1.54) is 87.2 Å². The summed E-state index contributed by atoms with van der Waals surface area (Å²) in [5.41, 5.74) is 0. The molecule has 0 aromatic rings. The molecule has 114 valence electrons. The Balaban J connectivity index is 3.04. The van der Waals surface area contributed by atoms with Crippen molar-refractivity contribution in [2.45, 2.75) is 95.3 Å². The molecule has 0 atom stereocenters. The molecule has 0 bridgehead atoms. The molecule has 0 spiro atoms. The molecule has 0 rings (SSSR count). The summed E-state index contributed by atoms with van der Waals surface area (Å²) in [5.74, 6) is 1.37. The Kier molecular flexibility index (Phi) is 18.7. The second-order valence-electron chi connectivity index (χ2n) is 5.51. The van der Waals surface area contributed by atoms with Crippen LogP contribution in [-0.2, 0) is 0 Å². The fourth-order valence-corrected chi connectivity index (χ4v) is 12.8. The van der Waals surface area contributed by atoms with Crippen LogP contribution in [0.2, 0.25) is 4.44 Å². The van der Waals surface area contributed by atoms with Gasteiger partial charge >= 0.3 is 129 Å². The summed E-state index contributed by atoms with van der Waals surface area (Å²) in [6, 6.07) is 0. The van der Waals surface area contributed by atoms with E-state index in [9.17, 15) is 0 Å². The predicted molar refractivity (Wildman–Crippen MR) is 97.4 cm³/mol. The third-order valence-electron chi connectivity index (χ3n) is 3.50. The van der Waals surface area contributed by atoms with Crippen LogP contribution in [0.15, 0.2) is 0 Å². The summed E-state index contributed by atoms with van der Waals surface area (Å²) in [6.07, 6.45) is 17.2. The van der Waals surface area contributed by atoms with Gasteiger partial charge in [0, 0.05) is 0 Å². The van der Waals surface area contributed by atoms with Gasteiger partial charge in [-0.25, -0.2) is 0 Å². The first-order valence-electron chi connectivity index (χ1n) is 8.46. The van der Waals surface area contributed by atoms with Crippen LogP contribution in [0.1, 0.15) is 90.9 Å². The normalized spacial score (nSPS) is 10.8. The zero-order valence-corrected chi connectivity index (χ0v) is 17.7. The van der Waals surface area contributed by atoms with E-state index in [0.29, 0.717) is 0 Å². The molecule has 0 aliphatic carbocycles. The van der Waals surface area contributed by atoms with Crippen LogP contribution >= 0.6 is 18.2 Å². The van der Waals surface area contributed by atoms with Crippen LogP contribution in [0.25, 0.3) is 0 Å². The van der Waals surface area contributed by atoms with Crippen molar-refractivity contribution in [2.24, 2.45) is 0 Å². The molecule has 0 N–H and O–H groups in total. The molecule has 0 saturated heterocycles. The molecule has 0 saturated carbocycles. The van der Waals surface area contributed by atoms with E-state index in [2.05, 4.69) is 22.8 Å². The van der Waals surface area contributed by atoms with Gasteiger partial charge in [0.05, 0.1) is 0 Å². The Hall–Kier alpha value is 1.37. The molecule has 0 amide bonds. The Labute approximate surface area is 135 Å². The third kappa shape index (κ3) is 17.3. The summed E-state index contributed by atoms with van der Waals surface area (Å²) in [4.78, 5) is 0. The molecule has 0 fully saturated rings. The first-order valence-corrected chi connectivity index (χ1v) is 18.9. The number of rotatable bonds is 15. The SMILES string of the molecule is CCCCCCCCCCCC[S][Sn](=[S])[CH2]CCC. The molecule has 0 aliphatic rings. The summed E-state index contributed by atoms with van der Waals surface area (Å²) in [5, 5.41) is 0. The Bertz CT molecular complexity index is 195. The van der Waals surface area contributed by atoms with Crippen molar-refractivity contribution in [3.8, 4) is 0 Å². The van der Waals surface area contributed by atoms with E-state index in [-0.39, 0.29) is 0 Å². The van der Waals surface area contributed by atoms with Gasteiger partial charge in [0.25, 0.3) is 0 Å². The molecule has 0 unspecified atom stereocenters. The van der Waals surface area contributed by atoms with Crippen LogP contribution < -0.4 is 0 Å². The number of hydrogen-bond acceptors (Lipinski definition) is 2. The van der Waals surface area contributed by atoms with E-state index in [1.807, 2.05) is 0 Å². The Morgan fingerprint density at radius 1 is 0.684 bits per heavy atom. The van der Waals surface area contributed by atoms with Crippen LogP contribution in [0.5, 0.6) is 0 Å². The van der Waals surface area contributed by atoms with Crippen LogP contribution in [-0.4, -0.2) is 22.2 Å². The second kappa shape index (κ2) is 17.4.